The molecule has 0 aromatic carbocycles. The summed E-state index contributed by atoms with van der Waals surface area (Å²) in [6, 6.07) is 0.402. The summed E-state index contributed by atoms with van der Waals surface area (Å²) in [4.78, 5) is 0. The third-order valence-electron chi connectivity index (χ3n) is 3.85. The van der Waals surface area contributed by atoms with Gasteiger partial charge in [-0.15, -0.1) is 0 Å². The first-order valence-corrected chi connectivity index (χ1v) is 7.89. The van der Waals surface area contributed by atoms with Crippen molar-refractivity contribution in [2.75, 3.05) is 6.54 Å². The van der Waals surface area contributed by atoms with Crippen molar-refractivity contribution in [1.82, 2.24) is 15.1 Å². The van der Waals surface area contributed by atoms with Crippen LogP contribution in [0.1, 0.15) is 75.9 Å². The molecule has 1 unspecified atom stereocenters. The number of unbranched alkanes of at least 4 members (excludes halogenated alkanes) is 4. The predicted octanol–water partition coefficient (Wildman–Crippen LogP) is 4.14. The molecule has 3 nitrogen and oxygen atoms in total. The van der Waals surface area contributed by atoms with E-state index in [2.05, 4.69) is 44.6 Å². The van der Waals surface area contributed by atoms with Gasteiger partial charge >= 0.3 is 0 Å². The minimum absolute atomic E-state index is 0.402. The molecule has 1 heterocycles. The highest BCUT2D eigenvalue weighted by Crippen LogP contribution is 2.21. The molecule has 0 spiro atoms. The zero-order valence-corrected chi connectivity index (χ0v) is 13.4. The molecule has 1 aromatic heterocycles. The molecule has 0 bridgehead atoms. The van der Waals surface area contributed by atoms with E-state index in [4.69, 9.17) is 5.10 Å². The fourth-order valence-electron chi connectivity index (χ4n) is 2.83. The van der Waals surface area contributed by atoms with E-state index in [1.807, 2.05) is 0 Å². The first-order chi connectivity index (χ1) is 9.11. The molecule has 0 amide bonds. The van der Waals surface area contributed by atoms with E-state index in [0.29, 0.717) is 6.04 Å². The summed E-state index contributed by atoms with van der Waals surface area (Å²) in [7, 11) is 0. The molecule has 1 aromatic rings. The van der Waals surface area contributed by atoms with E-state index in [-0.39, 0.29) is 0 Å². The van der Waals surface area contributed by atoms with E-state index < -0.39 is 0 Å². The monoisotopic (exact) mass is 265 g/mol. The van der Waals surface area contributed by atoms with Gasteiger partial charge in [0.1, 0.15) is 0 Å². The van der Waals surface area contributed by atoms with Crippen LogP contribution in [0.4, 0.5) is 0 Å². The smallest absolute Gasteiger partial charge is 0.0644 e. The van der Waals surface area contributed by atoms with Gasteiger partial charge in [0, 0.05) is 23.8 Å². The van der Waals surface area contributed by atoms with Crippen LogP contribution in [0.3, 0.4) is 0 Å². The Bertz CT molecular complexity index is 368. The maximum Gasteiger partial charge on any atom is 0.0644 e. The first kappa shape index (κ1) is 16.2. The SMILES string of the molecule is CCCCCCCn1nc(C)c(C(C)NCC)c1C. The third kappa shape index (κ3) is 4.64. The molecule has 0 saturated heterocycles. The normalized spacial score (nSPS) is 12.9. The lowest BCUT2D eigenvalue weighted by Gasteiger charge is -2.13. The van der Waals surface area contributed by atoms with Crippen LogP contribution < -0.4 is 5.32 Å². The van der Waals surface area contributed by atoms with Gasteiger partial charge in [0.05, 0.1) is 5.69 Å². The predicted molar refractivity (Wildman–Crippen MR) is 82.6 cm³/mol. The van der Waals surface area contributed by atoms with Crippen molar-refractivity contribution in [2.24, 2.45) is 0 Å². The summed E-state index contributed by atoms with van der Waals surface area (Å²) in [6.07, 6.45) is 6.60. The van der Waals surface area contributed by atoms with Gasteiger partial charge in [0.2, 0.25) is 0 Å². The van der Waals surface area contributed by atoms with Crippen LogP contribution in [-0.4, -0.2) is 16.3 Å². The fourth-order valence-corrected chi connectivity index (χ4v) is 2.83. The minimum atomic E-state index is 0.402. The van der Waals surface area contributed by atoms with Crippen molar-refractivity contribution < 1.29 is 0 Å². The van der Waals surface area contributed by atoms with Crippen molar-refractivity contribution in [3.05, 3.63) is 17.0 Å². The van der Waals surface area contributed by atoms with Crippen LogP contribution in [0.25, 0.3) is 0 Å². The molecule has 3 heteroatoms. The Morgan fingerprint density at radius 1 is 1.11 bits per heavy atom. The van der Waals surface area contributed by atoms with E-state index in [0.717, 1.165) is 13.1 Å². The lowest BCUT2D eigenvalue weighted by molar-refractivity contribution is 0.520. The quantitative estimate of drug-likeness (QED) is 0.680. The summed E-state index contributed by atoms with van der Waals surface area (Å²) in [5.74, 6) is 0. The van der Waals surface area contributed by atoms with Gasteiger partial charge in [-0.2, -0.15) is 5.10 Å². The second-order valence-electron chi connectivity index (χ2n) is 5.50. The molecule has 0 aliphatic carbocycles. The highest BCUT2D eigenvalue weighted by Gasteiger charge is 2.16. The van der Waals surface area contributed by atoms with Gasteiger partial charge in [-0.3, -0.25) is 4.68 Å². The largest absolute Gasteiger partial charge is 0.310 e. The van der Waals surface area contributed by atoms with Crippen LogP contribution in [0.15, 0.2) is 0 Å². The molecular weight excluding hydrogens is 234 g/mol. The van der Waals surface area contributed by atoms with Crippen molar-refractivity contribution in [3.8, 4) is 0 Å². The van der Waals surface area contributed by atoms with Gasteiger partial charge in [0.25, 0.3) is 0 Å². The lowest BCUT2D eigenvalue weighted by Crippen LogP contribution is -2.19. The van der Waals surface area contributed by atoms with Crippen molar-refractivity contribution in [1.29, 1.82) is 0 Å². The van der Waals surface area contributed by atoms with Crippen LogP contribution in [0, 0.1) is 13.8 Å². The first-order valence-electron chi connectivity index (χ1n) is 7.89. The van der Waals surface area contributed by atoms with Gasteiger partial charge in [-0.05, 0) is 33.7 Å². The number of hydrogen-bond acceptors (Lipinski definition) is 2. The van der Waals surface area contributed by atoms with E-state index in [1.54, 1.807) is 0 Å². The number of hydrogen-bond donors (Lipinski definition) is 1. The van der Waals surface area contributed by atoms with Gasteiger partial charge in [0.15, 0.2) is 0 Å². The van der Waals surface area contributed by atoms with E-state index in [9.17, 15) is 0 Å². The van der Waals surface area contributed by atoms with Crippen LogP contribution in [0.2, 0.25) is 0 Å². The summed E-state index contributed by atoms with van der Waals surface area (Å²) in [5, 5.41) is 8.20. The molecule has 0 radical (unpaired) electrons. The third-order valence-corrected chi connectivity index (χ3v) is 3.85. The highest BCUT2D eigenvalue weighted by atomic mass is 15.3. The van der Waals surface area contributed by atoms with Gasteiger partial charge in [-0.25, -0.2) is 0 Å². The summed E-state index contributed by atoms with van der Waals surface area (Å²) in [5.41, 5.74) is 3.90. The second kappa shape index (κ2) is 8.36. The van der Waals surface area contributed by atoms with Crippen molar-refractivity contribution in [2.45, 2.75) is 79.3 Å². The Hall–Kier alpha value is -0.830. The number of nitrogens with one attached hydrogen (secondary N) is 1. The van der Waals surface area contributed by atoms with Gasteiger partial charge in [-0.1, -0.05) is 39.5 Å². The zero-order valence-electron chi connectivity index (χ0n) is 13.4. The van der Waals surface area contributed by atoms with E-state index >= 15 is 0 Å². The Morgan fingerprint density at radius 2 is 1.79 bits per heavy atom. The van der Waals surface area contributed by atoms with Crippen molar-refractivity contribution in [3.63, 3.8) is 0 Å². The average molecular weight is 265 g/mol. The van der Waals surface area contributed by atoms with Crippen LogP contribution in [0.5, 0.6) is 0 Å². The average Bonchev–Trinajstić information content (AvgIpc) is 2.64. The number of nitrogens with zero attached hydrogens (tertiary/aromatic N) is 2. The number of rotatable bonds is 9. The second-order valence-corrected chi connectivity index (χ2v) is 5.50. The fraction of sp³-hybridized carbons (Fsp3) is 0.812. The molecule has 110 valence electrons. The molecule has 0 saturated carbocycles. The van der Waals surface area contributed by atoms with E-state index in [1.165, 1.54) is 49.1 Å². The van der Waals surface area contributed by atoms with Crippen LogP contribution in [-0.2, 0) is 6.54 Å². The Kier molecular flexibility index (Phi) is 7.14. The van der Waals surface area contributed by atoms with Crippen molar-refractivity contribution >= 4 is 0 Å². The summed E-state index contributed by atoms with van der Waals surface area (Å²) < 4.78 is 2.20. The minimum Gasteiger partial charge on any atom is -0.310 e. The molecule has 1 rings (SSSR count). The summed E-state index contributed by atoms with van der Waals surface area (Å²) in [6.45, 7) is 13.0. The van der Waals surface area contributed by atoms with Gasteiger partial charge < -0.3 is 5.32 Å². The Morgan fingerprint density at radius 3 is 2.42 bits per heavy atom. The zero-order chi connectivity index (χ0) is 14.3. The highest BCUT2D eigenvalue weighted by molar-refractivity contribution is 5.27. The standard InChI is InChI=1S/C16H31N3/c1-6-8-9-10-11-12-19-15(5)16(14(4)18-19)13(3)17-7-2/h13,17H,6-12H2,1-5H3. The molecule has 1 atom stereocenters. The molecular formula is C16H31N3. The Balaban J connectivity index is 2.58. The number of aryl methyl sites for hydroxylation is 2. The van der Waals surface area contributed by atoms with Crippen LogP contribution >= 0.6 is 0 Å². The lowest BCUT2D eigenvalue weighted by atomic mass is 10.1. The maximum absolute atomic E-state index is 4.71. The number of aromatic nitrogens is 2. The molecule has 0 aliphatic heterocycles. The molecule has 0 fully saturated rings. The molecule has 0 aliphatic rings. The topological polar surface area (TPSA) is 29.9 Å². The Labute approximate surface area is 118 Å². The summed E-state index contributed by atoms with van der Waals surface area (Å²) >= 11 is 0. The molecule has 19 heavy (non-hydrogen) atoms. The molecule has 1 N–H and O–H groups in total. The maximum atomic E-state index is 4.71.